The van der Waals surface area contributed by atoms with Gasteiger partial charge >= 0.3 is 0 Å². The van der Waals surface area contributed by atoms with Gasteiger partial charge in [0.05, 0.1) is 11.8 Å². The Balaban J connectivity index is 1.75. The first-order chi connectivity index (χ1) is 10.2. The monoisotopic (exact) mass is 285 g/mol. The van der Waals surface area contributed by atoms with E-state index >= 15 is 0 Å². The third-order valence-corrected chi connectivity index (χ3v) is 2.84. The second-order valence-electron chi connectivity index (χ2n) is 4.40. The van der Waals surface area contributed by atoms with Gasteiger partial charge in [0.1, 0.15) is 11.6 Å². The number of halogens is 1. The van der Waals surface area contributed by atoms with Crippen molar-refractivity contribution in [2.75, 3.05) is 5.32 Å². The lowest BCUT2D eigenvalue weighted by Crippen LogP contribution is -2.02. The van der Waals surface area contributed by atoms with Gasteiger partial charge in [-0.1, -0.05) is 11.2 Å². The van der Waals surface area contributed by atoms with Crippen molar-refractivity contribution in [1.29, 1.82) is 0 Å². The maximum absolute atomic E-state index is 14.1. The van der Waals surface area contributed by atoms with Gasteiger partial charge in [-0.25, -0.2) is 9.37 Å². The number of nitrogens with zero attached hydrogens (tertiary/aromatic N) is 4. The van der Waals surface area contributed by atoms with Crippen molar-refractivity contribution in [2.24, 2.45) is 0 Å². The van der Waals surface area contributed by atoms with Crippen LogP contribution in [0.3, 0.4) is 0 Å². The highest BCUT2D eigenvalue weighted by atomic mass is 19.1. The highest BCUT2D eigenvalue weighted by Gasteiger charge is 2.11. The summed E-state index contributed by atoms with van der Waals surface area (Å²) < 4.78 is 18.9. The van der Waals surface area contributed by atoms with E-state index in [1.54, 1.807) is 37.6 Å². The molecule has 0 aliphatic carbocycles. The van der Waals surface area contributed by atoms with Crippen molar-refractivity contribution in [3.63, 3.8) is 0 Å². The second-order valence-corrected chi connectivity index (χ2v) is 4.40. The molecule has 0 radical (unpaired) electrons. The van der Waals surface area contributed by atoms with Gasteiger partial charge in [0.15, 0.2) is 0 Å². The molecule has 2 heterocycles. The maximum Gasteiger partial charge on any atom is 0.223 e. The molecular formula is C14H12FN5O. The molecule has 106 valence electrons. The summed E-state index contributed by atoms with van der Waals surface area (Å²) in [4.78, 5) is 12.0. The fraction of sp³-hybridized carbons (Fsp3) is 0.143. The Morgan fingerprint density at radius 3 is 2.86 bits per heavy atom. The van der Waals surface area contributed by atoms with E-state index < -0.39 is 5.82 Å². The molecule has 3 rings (SSSR count). The van der Waals surface area contributed by atoms with Crippen LogP contribution in [0.1, 0.15) is 11.5 Å². The lowest BCUT2D eigenvalue weighted by Gasteiger charge is -2.06. The molecule has 1 aromatic carbocycles. The zero-order chi connectivity index (χ0) is 14.7. The van der Waals surface area contributed by atoms with Crippen LogP contribution >= 0.6 is 0 Å². The smallest absolute Gasteiger partial charge is 0.223 e. The second kappa shape index (κ2) is 5.66. The highest BCUT2D eigenvalue weighted by Crippen LogP contribution is 2.21. The normalized spacial score (nSPS) is 10.6. The first-order valence-corrected chi connectivity index (χ1v) is 6.31. The number of nitrogens with one attached hydrogen (secondary N) is 1. The Bertz CT molecular complexity index is 744. The van der Waals surface area contributed by atoms with Gasteiger partial charge in [-0.15, -0.1) is 0 Å². The van der Waals surface area contributed by atoms with Crippen LogP contribution in [-0.4, -0.2) is 20.1 Å². The predicted molar refractivity (Wildman–Crippen MR) is 73.8 cm³/mol. The summed E-state index contributed by atoms with van der Waals surface area (Å²) in [7, 11) is 0. The molecule has 3 aromatic rings. The highest BCUT2D eigenvalue weighted by molar-refractivity contribution is 5.56. The molecule has 0 aliphatic rings. The number of rotatable bonds is 4. The van der Waals surface area contributed by atoms with Crippen LogP contribution in [0.15, 0.2) is 41.3 Å². The summed E-state index contributed by atoms with van der Waals surface area (Å²) in [6, 6.07) is 4.87. The minimum absolute atomic E-state index is 0.249. The van der Waals surface area contributed by atoms with E-state index in [1.807, 2.05) is 0 Å². The largest absolute Gasteiger partial charge is 0.365 e. The molecule has 0 bridgehead atoms. The van der Waals surface area contributed by atoms with E-state index in [2.05, 4.69) is 25.4 Å². The summed E-state index contributed by atoms with van der Waals surface area (Å²) in [5.41, 5.74) is 1.09. The Morgan fingerprint density at radius 1 is 1.29 bits per heavy atom. The zero-order valence-corrected chi connectivity index (χ0v) is 11.2. The van der Waals surface area contributed by atoms with E-state index in [9.17, 15) is 4.39 Å². The van der Waals surface area contributed by atoms with E-state index in [0.717, 1.165) is 5.56 Å². The Morgan fingerprint density at radius 2 is 2.19 bits per heavy atom. The minimum Gasteiger partial charge on any atom is -0.365 e. The minimum atomic E-state index is -0.394. The van der Waals surface area contributed by atoms with E-state index in [4.69, 9.17) is 4.52 Å². The molecule has 0 aliphatic heterocycles. The van der Waals surface area contributed by atoms with Crippen molar-refractivity contribution in [3.05, 3.63) is 54.1 Å². The maximum atomic E-state index is 14.1. The van der Waals surface area contributed by atoms with Gasteiger partial charge in [-0.2, -0.15) is 4.98 Å². The van der Waals surface area contributed by atoms with Crippen LogP contribution in [0.2, 0.25) is 0 Å². The van der Waals surface area contributed by atoms with Gasteiger partial charge in [0, 0.05) is 25.9 Å². The van der Waals surface area contributed by atoms with Crippen LogP contribution in [0.5, 0.6) is 0 Å². The quantitative estimate of drug-likeness (QED) is 0.794. The summed E-state index contributed by atoms with van der Waals surface area (Å²) in [5.74, 6) is 0.890. The van der Waals surface area contributed by atoms with Crippen LogP contribution in [0.25, 0.3) is 11.4 Å². The molecule has 0 fully saturated rings. The summed E-state index contributed by atoms with van der Waals surface area (Å²) in [6.07, 6.45) is 4.78. The lowest BCUT2D eigenvalue weighted by molar-refractivity contribution is 0.394. The van der Waals surface area contributed by atoms with Crippen LogP contribution in [-0.2, 0) is 6.54 Å². The summed E-state index contributed by atoms with van der Waals surface area (Å²) >= 11 is 0. The molecule has 21 heavy (non-hydrogen) atoms. The van der Waals surface area contributed by atoms with Crippen molar-refractivity contribution in [2.45, 2.75) is 13.5 Å². The number of anilines is 1. The van der Waals surface area contributed by atoms with Crippen molar-refractivity contribution >= 4 is 5.82 Å². The summed E-state index contributed by atoms with van der Waals surface area (Å²) in [6.45, 7) is 2.11. The molecule has 0 unspecified atom stereocenters. The Labute approximate surface area is 120 Å². The first kappa shape index (κ1) is 13.2. The molecule has 7 heteroatoms. The average Bonchev–Trinajstić information content (AvgIpc) is 2.92. The zero-order valence-electron chi connectivity index (χ0n) is 11.2. The van der Waals surface area contributed by atoms with Gasteiger partial charge in [0.2, 0.25) is 11.7 Å². The third kappa shape index (κ3) is 3.02. The Kier molecular flexibility index (Phi) is 3.55. The number of aryl methyl sites for hydroxylation is 1. The molecule has 0 spiro atoms. The molecule has 0 saturated heterocycles. The lowest BCUT2D eigenvalue weighted by atomic mass is 10.1. The van der Waals surface area contributed by atoms with Gasteiger partial charge < -0.3 is 9.84 Å². The molecule has 6 nitrogen and oxygen atoms in total. The number of hydrogen-bond donors (Lipinski definition) is 1. The fourth-order valence-corrected chi connectivity index (χ4v) is 1.84. The molecule has 0 saturated carbocycles. The Hall–Kier alpha value is -2.83. The van der Waals surface area contributed by atoms with Gasteiger partial charge in [-0.3, -0.25) is 4.98 Å². The molecule has 1 N–H and O–H groups in total. The topological polar surface area (TPSA) is 76.7 Å². The summed E-state index contributed by atoms with van der Waals surface area (Å²) in [5, 5.41) is 6.77. The molecular weight excluding hydrogens is 273 g/mol. The molecule has 2 aromatic heterocycles. The first-order valence-electron chi connectivity index (χ1n) is 6.31. The standard InChI is InChI=1S/C14H12FN5O/c1-9-19-14(20-21-9)11-3-2-10(6-12(11)15)7-18-13-8-16-4-5-17-13/h2-6,8H,7H2,1H3,(H,17,18). The van der Waals surface area contributed by atoms with Crippen molar-refractivity contribution in [3.8, 4) is 11.4 Å². The van der Waals surface area contributed by atoms with Crippen LogP contribution < -0.4 is 5.32 Å². The third-order valence-electron chi connectivity index (χ3n) is 2.84. The van der Waals surface area contributed by atoms with Crippen molar-refractivity contribution < 1.29 is 8.91 Å². The van der Waals surface area contributed by atoms with E-state index in [1.165, 1.54) is 6.07 Å². The number of benzene rings is 1. The van der Waals surface area contributed by atoms with E-state index in [-0.39, 0.29) is 5.82 Å². The van der Waals surface area contributed by atoms with Crippen LogP contribution in [0.4, 0.5) is 10.2 Å². The molecule has 0 amide bonds. The van der Waals surface area contributed by atoms with E-state index in [0.29, 0.717) is 23.8 Å². The SMILES string of the molecule is Cc1nc(-c2ccc(CNc3cnccn3)cc2F)no1. The van der Waals surface area contributed by atoms with Crippen LogP contribution in [0, 0.1) is 12.7 Å². The predicted octanol–water partition coefficient (Wildman–Crippen LogP) is 2.59. The number of aromatic nitrogens is 4. The number of hydrogen-bond acceptors (Lipinski definition) is 6. The van der Waals surface area contributed by atoms with Gasteiger partial charge in [-0.05, 0) is 17.7 Å². The average molecular weight is 285 g/mol. The van der Waals surface area contributed by atoms with Gasteiger partial charge in [0.25, 0.3) is 0 Å². The fourth-order valence-electron chi connectivity index (χ4n) is 1.84. The molecule has 0 atom stereocenters. The van der Waals surface area contributed by atoms with Crippen molar-refractivity contribution in [1.82, 2.24) is 20.1 Å².